The molecule has 17 heavy (non-hydrogen) atoms. The predicted molar refractivity (Wildman–Crippen MR) is 67.8 cm³/mol. The third-order valence-electron chi connectivity index (χ3n) is 3.42. The molecular weight excluding hydrogens is 214 g/mol. The van der Waals surface area contributed by atoms with E-state index in [2.05, 4.69) is 0 Å². The first-order valence-corrected chi connectivity index (χ1v) is 6.33. The maximum absolute atomic E-state index is 9.33. The summed E-state index contributed by atoms with van der Waals surface area (Å²) in [6.45, 7) is 1.13. The molecule has 0 saturated heterocycles. The van der Waals surface area contributed by atoms with Gasteiger partial charge in [0.1, 0.15) is 5.75 Å². The Morgan fingerprint density at radius 3 is 2.71 bits per heavy atom. The molecule has 3 N–H and O–H groups in total. The number of nitrogens with two attached hydrogens (primary N) is 1. The number of hydrogen-bond acceptors (Lipinski definition) is 3. The Labute approximate surface area is 103 Å². The third-order valence-corrected chi connectivity index (χ3v) is 3.42. The fourth-order valence-corrected chi connectivity index (χ4v) is 2.42. The van der Waals surface area contributed by atoms with E-state index in [1.54, 1.807) is 12.1 Å². The first kappa shape index (κ1) is 12.4. The van der Waals surface area contributed by atoms with E-state index in [4.69, 9.17) is 10.5 Å². The Morgan fingerprint density at radius 1 is 1.24 bits per heavy atom. The van der Waals surface area contributed by atoms with E-state index in [0.29, 0.717) is 13.2 Å². The second kappa shape index (κ2) is 5.52. The largest absolute Gasteiger partial charge is 0.508 e. The number of aromatic hydroxyl groups is 1. The summed E-state index contributed by atoms with van der Waals surface area (Å²) in [6, 6.07) is 7.16. The highest BCUT2D eigenvalue weighted by Crippen LogP contribution is 2.26. The Hall–Kier alpha value is -1.06. The normalized spacial score (nSPS) is 19.1. The lowest BCUT2D eigenvalue weighted by Gasteiger charge is -2.33. The molecule has 1 saturated carbocycles. The molecule has 0 heterocycles. The van der Waals surface area contributed by atoms with Crippen LogP contribution in [0.2, 0.25) is 0 Å². The minimum Gasteiger partial charge on any atom is -0.508 e. The lowest BCUT2D eigenvalue weighted by atomic mass is 9.83. The van der Waals surface area contributed by atoms with E-state index >= 15 is 0 Å². The molecule has 3 nitrogen and oxygen atoms in total. The number of rotatable bonds is 4. The summed E-state index contributed by atoms with van der Waals surface area (Å²) in [4.78, 5) is 0. The van der Waals surface area contributed by atoms with Crippen LogP contribution in [0.25, 0.3) is 0 Å². The molecule has 1 fully saturated rings. The van der Waals surface area contributed by atoms with Crippen molar-refractivity contribution in [3.05, 3.63) is 29.8 Å². The van der Waals surface area contributed by atoms with Crippen molar-refractivity contribution in [2.45, 2.75) is 44.2 Å². The number of phenols is 1. The molecular formula is C14H21NO2. The lowest BCUT2D eigenvalue weighted by Crippen LogP contribution is -2.46. The molecule has 2 rings (SSSR count). The summed E-state index contributed by atoms with van der Waals surface area (Å²) in [6.07, 6.45) is 5.85. The lowest BCUT2D eigenvalue weighted by molar-refractivity contribution is 0.0574. The second-order valence-corrected chi connectivity index (χ2v) is 5.09. The number of hydrogen-bond donors (Lipinski definition) is 2. The van der Waals surface area contributed by atoms with Gasteiger partial charge in [-0.05, 0) is 30.5 Å². The van der Waals surface area contributed by atoms with Crippen LogP contribution in [0.4, 0.5) is 0 Å². The van der Waals surface area contributed by atoms with E-state index in [-0.39, 0.29) is 11.3 Å². The van der Waals surface area contributed by atoms with Crippen LogP contribution in [0.1, 0.15) is 37.7 Å². The van der Waals surface area contributed by atoms with Crippen LogP contribution in [0.15, 0.2) is 24.3 Å². The fraction of sp³-hybridized carbons (Fsp3) is 0.571. The molecule has 0 spiro atoms. The Bertz CT molecular complexity index is 359. The fourth-order valence-electron chi connectivity index (χ4n) is 2.42. The van der Waals surface area contributed by atoms with Gasteiger partial charge in [0.15, 0.2) is 0 Å². The summed E-state index contributed by atoms with van der Waals surface area (Å²) in [5.41, 5.74) is 7.14. The minimum atomic E-state index is -0.130. The summed E-state index contributed by atoms with van der Waals surface area (Å²) in [5, 5.41) is 9.33. The van der Waals surface area contributed by atoms with Crippen molar-refractivity contribution in [3.8, 4) is 5.75 Å². The summed E-state index contributed by atoms with van der Waals surface area (Å²) >= 11 is 0. The van der Waals surface area contributed by atoms with Crippen molar-refractivity contribution < 1.29 is 9.84 Å². The summed E-state index contributed by atoms with van der Waals surface area (Å²) in [7, 11) is 0. The maximum atomic E-state index is 9.33. The SMILES string of the molecule is NC1(COCc2cccc(O)c2)CCCCC1. The van der Waals surface area contributed by atoms with Crippen LogP contribution in [0.3, 0.4) is 0 Å². The van der Waals surface area contributed by atoms with Gasteiger partial charge in [-0.25, -0.2) is 0 Å². The van der Waals surface area contributed by atoms with Gasteiger partial charge in [0.2, 0.25) is 0 Å². The standard InChI is InChI=1S/C14H21NO2/c15-14(7-2-1-3-8-14)11-17-10-12-5-4-6-13(16)9-12/h4-6,9,16H,1-3,7-8,10-11,15H2. The zero-order valence-electron chi connectivity index (χ0n) is 10.2. The van der Waals surface area contributed by atoms with Gasteiger partial charge in [-0.15, -0.1) is 0 Å². The third kappa shape index (κ3) is 3.72. The summed E-state index contributed by atoms with van der Waals surface area (Å²) in [5.74, 6) is 0.284. The van der Waals surface area contributed by atoms with Gasteiger partial charge >= 0.3 is 0 Å². The topological polar surface area (TPSA) is 55.5 Å². The minimum absolute atomic E-state index is 0.130. The van der Waals surface area contributed by atoms with Crippen LogP contribution < -0.4 is 5.73 Å². The van der Waals surface area contributed by atoms with Crippen LogP contribution in [-0.2, 0) is 11.3 Å². The monoisotopic (exact) mass is 235 g/mol. The van der Waals surface area contributed by atoms with Crippen molar-refractivity contribution in [2.24, 2.45) is 5.73 Å². The van der Waals surface area contributed by atoms with Gasteiger partial charge in [0.05, 0.1) is 13.2 Å². The average Bonchev–Trinajstić information content (AvgIpc) is 2.30. The van der Waals surface area contributed by atoms with E-state index in [1.807, 2.05) is 12.1 Å². The molecule has 3 heteroatoms. The van der Waals surface area contributed by atoms with Gasteiger partial charge in [-0.2, -0.15) is 0 Å². The highest BCUT2D eigenvalue weighted by molar-refractivity contribution is 5.26. The molecule has 0 aliphatic heterocycles. The molecule has 0 radical (unpaired) electrons. The smallest absolute Gasteiger partial charge is 0.115 e. The van der Waals surface area contributed by atoms with E-state index in [9.17, 15) is 5.11 Å². The van der Waals surface area contributed by atoms with Crippen LogP contribution in [-0.4, -0.2) is 17.3 Å². The predicted octanol–water partition coefficient (Wildman–Crippen LogP) is 2.57. The van der Waals surface area contributed by atoms with Crippen LogP contribution in [0.5, 0.6) is 5.75 Å². The van der Waals surface area contributed by atoms with Crippen LogP contribution >= 0.6 is 0 Å². The van der Waals surface area contributed by atoms with Gasteiger partial charge in [-0.1, -0.05) is 31.4 Å². The maximum Gasteiger partial charge on any atom is 0.115 e. The van der Waals surface area contributed by atoms with Crippen molar-refractivity contribution in [1.82, 2.24) is 0 Å². The zero-order valence-corrected chi connectivity index (χ0v) is 10.2. The Balaban J connectivity index is 1.79. The zero-order chi connectivity index (χ0) is 12.1. The van der Waals surface area contributed by atoms with Gasteiger partial charge in [0, 0.05) is 5.54 Å². The number of benzene rings is 1. The number of ether oxygens (including phenoxy) is 1. The van der Waals surface area contributed by atoms with Gasteiger partial charge < -0.3 is 15.6 Å². The average molecular weight is 235 g/mol. The molecule has 94 valence electrons. The van der Waals surface area contributed by atoms with E-state index < -0.39 is 0 Å². The Morgan fingerprint density at radius 2 is 2.00 bits per heavy atom. The molecule has 1 aliphatic rings. The Kier molecular flexibility index (Phi) is 4.02. The van der Waals surface area contributed by atoms with Crippen molar-refractivity contribution in [3.63, 3.8) is 0 Å². The molecule has 0 atom stereocenters. The highest BCUT2D eigenvalue weighted by Gasteiger charge is 2.27. The quantitative estimate of drug-likeness (QED) is 0.843. The summed E-state index contributed by atoms with van der Waals surface area (Å²) < 4.78 is 5.68. The van der Waals surface area contributed by atoms with Crippen molar-refractivity contribution in [2.75, 3.05) is 6.61 Å². The molecule has 0 unspecified atom stereocenters. The first-order chi connectivity index (χ1) is 8.18. The molecule has 0 bridgehead atoms. The molecule has 1 aliphatic carbocycles. The van der Waals surface area contributed by atoms with E-state index in [0.717, 1.165) is 18.4 Å². The molecule has 1 aromatic carbocycles. The highest BCUT2D eigenvalue weighted by atomic mass is 16.5. The molecule has 0 amide bonds. The van der Waals surface area contributed by atoms with Crippen molar-refractivity contribution in [1.29, 1.82) is 0 Å². The van der Waals surface area contributed by atoms with Crippen LogP contribution in [0, 0.1) is 0 Å². The second-order valence-electron chi connectivity index (χ2n) is 5.09. The number of phenolic OH excluding ortho intramolecular Hbond substituents is 1. The van der Waals surface area contributed by atoms with Gasteiger partial charge in [-0.3, -0.25) is 0 Å². The van der Waals surface area contributed by atoms with E-state index in [1.165, 1.54) is 19.3 Å². The molecule has 0 aromatic heterocycles. The van der Waals surface area contributed by atoms with Gasteiger partial charge in [0.25, 0.3) is 0 Å². The van der Waals surface area contributed by atoms with Crippen molar-refractivity contribution >= 4 is 0 Å². The molecule has 1 aromatic rings. The first-order valence-electron chi connectivity index (χ1n) is 6.33.